The monoisotopic (exact) mass is 368 g/mol. The van der Waals surface area contributed by atoms with Gasteiger partial charge in [0.2, 0.25) is 5.95 Å². The molecule has 0 spiro atoms. The van der Waals surface area contributed by atoms with E-state index < -0.39 is 0 Å². The number of anilines is 1. The Hall–Kier alpha value is -2.66. The third-order valence-electron chi connectivity index (χ3n) is 4.88. The fourth-order valence-electron chi connectivity index (χ4n) is 3.44. The van der Waals surface area contributed by atoms with Crippen molar-refractivity contribution in [1.82, 2.24) is 15.0 Å². The van der Waals surface area contributed by atoms with Gasteiger partial charge < -0.3 is 9.88 Å². The molecule has 1 aliphatic heterocycles. The second kappa shape index (κ2) is 6.57. The van der Waals surface area contributed by atoms with E-state index in [1.54, 1.807) is 18.6 Å². The number of nitrogens with one attached hydrogen (secondary N) is 1. The summed E-state index contributed by atoms with van der Waals surface area (Å²) < 4.78 is 14.0. The molecule has 6 heteroatoms. The van der Waals surface area contributed by atoms with Gasteiger partial charge in [-0.1, -0.05) is 24.2 Å². The van der Waals surface area contributed by atoms with Crippen molar-refractivity contribution in [2.24, 2.45) is 0 Å². The number of hydrogen-bond donors (Lipinski definition) is 1. The third kappa shape index (κ3) is 2.88. The summed E-state index contributed by atoms with van der Waals surface area (Å²) in [5.74, 6) is 0.406. The van der Waals surface area contributed by atoms with E-state index in [4.69, 9.17) is 11.6 Å². The molecule has 0 radical (unpaired) electrons. The van der Waals surface area contributed by atoms with Gasteiger partial charge in [-0.15, -0.1) is 0 Å². The van der Waals surface area contributed by atoms with Crippen LogP contribution in [0.15, 0.2) is 54.5 Å². The van der Waals surface area contributed by atoms with Gasteiger partial charge in [0, 0.05) is 24.7 Å². The van der Waals surface area contributed by atoms with Crippen molar-refractivity contribution in [2.75, 3.05) is 18.0 Å². The SMILES string of the molecule is C=C1CCN(c2ncc(Cl)cn2)C/C1=C(/C)c1ccc(F)c2[nH]ccc12. The van der Waals surface area contributed by atoms with Gasteiger partial charge in [-0.05, 0) is 47.8 Å². The summed E-state index contributed by atoms with van der Waals surface area (Å²) in [4.78, 5) is 13.7. The fraction of sp³-hybridized carbons (Fsp3) is 0.200. The van der Waals surface area contributed by atoms with Gasteiger partial charge in [0.25, 0.3) is 0 Å². The van der Waals surface area contributed by atoms with Gasteiger partial charge in [-0.2, -0.15) is 0 Å². The fourth-order valence-corrected chi connectivity index (χ4v) is 3.53. The number of hydrogen-bond acceptors (Lipinski definition) is 3. The highest BCUT2D eigenvalue weighted by atomic mass is 35.5. The maximum atomic E-state index is 14.0. The van der Waals surface area contributed by atoms with Crippen LogP contribution in [-0.4, -0.2) is 28.0 Å². The predicted molar refractivity (Wildman–Crippen MR) is 104 cm³/mol. The minimum atomic E-state index is -0.245. The van der Waals surface area contributed by atoms with Crippen molar-refractivity contribution < 1.29 is 4.39 Å². The molecule has 1 N–H and O–H groups in total. The third-order valence-corrected chi connectivity index (χ3v) is 5.07. The van der Waals surface area contributed by atoms with Crippen LogP contribution in [0.3, 0.4) is 0 Å². The van der Waals surface area contributed by atoms with Gasteiger partial charge in [-0.3, -0.25) is 0 Å². The number of piperidine rings is 1. The molecule has 0 amide bonds. The van der Waals surface area contributed by atoms with E-state index >= 15 is 0 Å². The van der Waals surface area contributed by atoms with Crippen LogP contribution in [0.2, 0.25) is 5.02 Å². The first-order valence-electron chi connectivity index (χ1n) is 8.41. The Labute approximate surface area is 156 Å². The molecule has 2 aromatic heterocycles. The molecule has 1 saturated heterocycles. The van der Waals surface area contributed by atoms with Crippen molar-refractivity contribution in [3.8, 4) is 0 Å². The van der Waals surface area contributed by atoms with Gasteiger partial charge >= 0.3 is 0 Å². The molecule has 0 bridgehead atoms. The first-order valence-corrected chi connectivity index (χ1v) is 8.78. The molecule has 1 aromatic carbocycles. The van der Waals surface area contributed by atoms with E-state index in [0.717, 1.165) is 40.6 Å². The average Bonchev–Trinajstić information content (AvgIpc) is 3.13. The molecule has 0 aliphatic carbocycles. The lowest BCUT2D eigenvalue weighted by atomic mass is 9.90. The summed E-state index contributed by atoms with van der Waals surface area (Å²) in [7, 11) is 0. The Kier molecular flexibility index (Phi) is 4.24. The number of rotatable bonds is 2. The lowest BCUT2D eigenvalue weighted by Gasteiger charge is -2.31. The van der Waals surface area contributed by atoms with E-state index in [0.29, 0.717) is 23.0 Å². The molecule has 0 atom stereocenters. The van der Waals surface area contributed by atoms with Crippen LogP contribution in [0.5, 0.6) is 0 Å². The molecular formula is C20H18ClFN4. The minimum absolute atomic E-state index is 0.245. The Morgan fingerprint density at radius 3 is 2.81 bits per heavy atom. The largest absolute Gasteiger partial charge is 0.359 e. The Bertz CT molecular complexity index is 1020. The summed E-state index contributed by atoms with van der Waals surface area (Å²) in [5, 5.41) is 1.39. The Morgan fingerprint density at radius 2 is 2.04 bits per heavy atom. The highest BCUT2D eigenvalue weighted by Gasteiger charge is 2.22. The lowest BCUT2D eigenvalue weighted by molar-refractivity contribution is 0.637. The van der Waals surface area contributed by atoms with Crippen LogP contribution in [0, 0.1) is 5.82 Å². The molecule has 4 rings (SSSR count). The number of nitrogens with zero attached hydrogens (tertiary/aromatic N) is 3. The molecular weight excluding hydrogens is 351 g/mol. The van der Waals surface area contributed by atoms with Gasteiger partial charge in [0.05, 0.1) is 22.9 Å². The number of halogens is 2. The van der Waals surface area contributed by atoms with Crippen LogP contribution in [0.1, 0.15) is 18.9 Å². The number of benzene rings is 1. The van der Waals surface area contributed by atoms with Crippen LogP contribution in [0.25, 0.3) is 16.5 Å². The summed E-state index contributed by atoms with van der Waals surface area (Å²) in [6.07, 6.45) is 5.80. The summed E-state index contributed by atoms with van der Waals surface area (Å²) in [6, 6.07) is 5.24. The molecule has 1 aliphatic rings. The van der Waals surface area contributed by atoms with Crippen LogP contribution < -0.4 is 4.90 Å². The Morgan fingerprint density at radius 1 is 1.27 bits per heavy atom. The Balaban J connectivity index is 1.75. The summed E-state index contributed by atoms with van der Waals surface area (Å²) in [6.45, 7) is 7.77. The molecule has 132 valence electrons. The maximum Gasteiger partial charge on any atom is 0.225 e. The van der Waals surface area contributed by atoms with E-state index in [9.17, 15) is 4.39 Å². The first-order chi connectivity index (χ1) is 12.5. The molecule has 3 aromatic rings. The van der Waals surface area contributed by atoms with Crippen molar-refractivity contribution in [3.05, 3.63) is 70.9 Å². The molecule has 26 heavy (non-hydrogen) atoms. The van der Waals surface area contributed by atoms with E-state index in [2.05, 4.69) is 33.4 Å². The van der Waals surface area contributed by atoms with Gasteiger partial charge in [0.15, 0.2) is 0 Å². The smallest absolute Gasteiger partial charge is 0.225 e. The normalized spacial score (nSPS) is 17.0. The standard InChI is InChI=1S/C20H18ClFN4/c1-12-6-8-26(20-24-9-14(21)10-25-20)11-17(12)13(2)15-3-4-18(22)19-16(15)5-7-23-19/h3-5,7,9-10,23H,1,6,8,11H2,2H3/b17-13+. The highest BCUT2D eigenvalue weighted by Crippen LogP contribution is 2.33. The number of aromatic nitrogens is 3. The van der Waals surface area contributed by atoms with Crippen molar-refractivity contribution in [1.29, 1.82) is 0 Å². The maximum absolute atomic E-state index is 14.0. The second-order valence-corrected chi connectivity index (χ2v) is 6.88. The van der Waals surface area contributed by atoms with Crippen molar-refractivity contribution >= 4 is 34.0 Å². The van der Waals surface area contributed by atoms with Crippen LogP contribution >= 0.6 is 11.6 Å². The predicted octanol–water partition coefficient (Wildman–Crippen LogP) is 4.99. The van der Waals surface area contributed by atoms with E-state index in [1.165, 1.54) is 6.07 Å². The minimum Gasteiger partial charge on any atom is -0.359 e. The second-order valence-electron chi connectivity index (χ2n) is 6.44. The molecule has 1 fully saturated rings. The number of H-pyrrole nitrogens is 1. The molecule has 0 unspecified atom stereocenters. The molecule has 0 saturated carbocycles. The zero-order valence-electron chi connectivity index (χ0n) is 14.4. The quantitative estimate of drug-likeness (QED) is 0.693. The van der Waals surface area contributed by atoms with E-state index in [1.807, 2.05) is 12.1 Å². The summed E-state index contributed by atoms with van der Waals surface area (Å²) in [5.41, 5.74) is 4.88. The molecule has 4 nitrogen and oxygen atoms in total. The lowest BCUT2D eigenvalue weighted by Crippen LogP contribution is -2.33. The summed E-state index contributed by atoms with van der Waals surface area (Å²) >= 11 is 5.89. The number of allylic oxidation sites excluding steroid dienone is 1. The first kappa shape index (κ1) is 16.8. The molecule has 3 heterocycles. The van der Waals surface area contributed by atoms with Crippen LogP contribution in [0.4, 0.5) is 10.3 Å². The van der Waals surface area contributed by atoms with Crippen LogP contribution in [-0.2, 0) is 0 Å². The number of fused-ring (bicyclic) bond motifs is 1. The van der Waals surface area contributed by atoms with Crippen molar-refractivity contribution in [2.45, 2.75) is 13.3 Å². The zero-order chi connectivity index (χ0) is 18.3. The topological polar surface area (TPSA) is 44.8 Å². The van der Waals surface area contributed by atoms with Gasteiger partial charge in [0.1, 0.15) is 5.82 Å². The highest BCUT2D eigenvalue weighted by molar-refractivity contribution is 6.30. The van der Waals surface area contributed by atoms with Gasteiger partial charge in [-0.25, -0.2) is 14.4 Å². The van der Waals surface area contributed by atoms with E-state index in [-0.39, 0.29) is 5.82 Å². The number of aromatic amines is 1. The average molecular weight is 369 g/mol. The zero-order valence-corrected chi connectivity index (χ0v) is 15.1. The van der Waals surface area contributed by atoms with Crippen molar-refractivity contribution in [3.63, 3.8) is 0 Å².